The van der Waals surface area contributed by atoms with E-state index in [1.165, 1.54) is 18.3 Å². The molecule has 2 aromatic rings. The summed E-state index contributed by atoms with van der Waals surface area (Å²) >= 11 is 0. The zero-order valence-electron chi connectivity index (χ0n) is 10.3. The fourth-order valence-electron chi connectivity index (χ4n) is 2.02. The molecule has 0 radical (unpaired) electrons. The summed E-state index contributed by atoms with van der Waals surface area (Å²) in [6.45, 7) is 0.0869. The van der Waals surface area contributed by atoms with Crippen LogP contribution in [0.1, 0.15) is 5.56 Å². The van der Waals surface area contributed by atoms with E-state index in [0.29, 0.717) is 16.9 Å². The fraction of sp³-hybridized carbons (Fsp3) is 0.0714. The first-order chi connectivity index (χ1) is 9.56. The quantitative estimate of drug-likeness (QED) is 0.871. The topological polar surface area (TPSA) is 56.3 Å². The van der Waals surface area contributed by atoms with Gasteiger partial charge in [-0.3, -0.25) is 4.98 Å². The van der Waals surface area contributed by atoms with Crippen LogP contribution in [0.2, 0.25) is 0 Å². The predicted molar refractivity (Wildman–Crippen MR) is 71.3 cm³/mol. The minimum absolute atomic E-state index is 0.0118. The summed E-state index contributed by atoms with van der Waals surface area (Å²) in [4.78, 5) is 3.89. The number of sulfone groups is 1. The van der Waals surface area contributed by atoms with Crippen LogP contribution < -0.4 is 4.74 Å². The van der Waals surface area contributed by atoms with Crippen LogP contribution in [-0.4, -0.2) is 20.0 Å². The summed E-state index contributed by atoms with van der Waals surface area (Å²) in [5.41, 5.74) is 0.985. The van der Waals surface area contributed by atoms with Gasteiger partial charge in [-0.05, 0) is 24.3 Å². The van der Waals surface area contributed by atoms with Crippen LogP contribution in [0.15, 0.2) is 53.0 Å². The Labute approximate surface area is 115 Å². The van der Waals surface area contributed by atoms with Gasteiger partial charge in [-0.1, -0.05) is 6.07 Å². The summed E-state index contributed by atoms with van der Waals surface area (Å²) < 4.78 is 42.5. The number of hydrogen-bond acceptors (Lipinski definition) is 4. The van der Waals surface area contributed by atoms with Crippen molar-refractivity contribution in [1.82, 2.24) is 4.98 Å². The van der Waals surface area contributed by atoms with E-state index in [1.54, 1.807) is 18.3 Å². The molecule has 4 nitrogen and oxygen atoms in total. The normalized spacial score (nSPS) is 15.6. The third kappa shape index (κ3) is 2.30. The lowest BCUT2D eigenvalue weighted by atomic mass is 10.1. The van der Waals surface area contributed by atoms with Crippen molar-refractivity contribution in [3.05, 3.63) is 59.5 Å². The molecule has 6 heteroatoms. The zero-order valence-corrected chi connectivity index (χ0v) is 11.1. The molecule has 0 N–H and O–H groups in total. The van der Waals surface area contributed by atoms with Crippen molar-refractivity contribution in [2.75, 3.05) is 6.61 Å². The Bertz CT molecular complexity index is 785. The van der Waals surface area contributed by atoms with Gasteiger partial charge in [0.1, 0.15) is 18.2 Å². The Kier molecular flexibility index (Phi) is 3.02. The standard InChI is InChI=1S/C14H10FNO3S/c15-11-3-4-13-10(9-20(17,18)14(13)6-11)8-19-12-2-1-5-16-7-12/h1-7,9H,8H2. The lowest BCUT2D eigenvalue weighted by Crippen LogP contribution is -2.00. The average Bonchev–Trinajstić information content (AvgIpc) is 2.69. The largest absolute Gasteiger partial charge is 0.487 e. The Morgan fingerprint density at radius 2 is 2.10 bits per heavy atom. The van der Waals surface area contributed by atoms with E-state index in [-0.39, 0.29) is 11.5 Å². The van der Waals surface area contributed by atoms with E-state index in [1.807, 2.05) is 0 Å². The fourth-order valence-corrected chi connectivity index (χ4v) is 3.50. The molecule has 0 fully saturated rings. The van der Waals surface area contributed by atoms with Gasteiger partial charge in [-0.25, -0.2) is 12.8 Å². The maximum atomic E-state index is 13.2. The minimum Gasteiger partial charge on any atom is -0.487 e. The highest BCUT2D eigenvalue weighted by Gasteiger charge is 2.27. The number of nitrogens with zero attached hydrogens (tertiary/aromatic N) is 1. The lowest BCUT2D eigenvalue weighted by Gasteiger charge is -2.07. The van der Waals surface area contributed by atoms with Gasteiger partial charge in [0.2, 0.25) is 9.84 Å². The molecule has 0 amide bonds. The molecule has 0 saturated heterocycles. The Morgan fingerprint density at radius 3 is 2.85 bits per heavy atom. The molecular weight excluding hydrogens is 281 g/mol. The van der Waals surface area contributed by atoms with Crippen LogP contribution in [0.5, 0.6) is 5.75 Å². The molecule has 102 valence electrons. The Balaban J connectivity index is 1.89. The first-order valence-corrected chi connectivity index (χ1v) is 7.39. The van der Waals surface area contributed by atoms with E-state index in [4.69, 9.17) is 4.74 Å². The number of rotatable bonds is 3. The predicted octanol–water partition coefficient (Wildman–Crippen LogP) is 2.43. The number of pyridine rings is 1. The van der Waals surface area contributed by atoms with Gasteiger partial charge < -0.3 is 4.74 Å². The van der Waals surface area contributed by atoms with Crippen LogP contribution in [0.4, 0.5) is 4.39 Å². The van der Waals surface area contributed by atoms with Crippen LogP contribution in [0.25, 0.3) is 5.57 Å². The van der Waals surface area contributed by atoms with Crippen molar-refractivity contribution in [3.63, 3.8) is 0 Å². The average molecular weight is 291 g/mol. The summed E-state index contributed by atoms with van der Waals surface area (Å²) in [6, 6.07) is 7.16. The van der Waals surface area contributed by atoms with Crippen molar-refractivity contribution < 1.29 is 17.5 Å². The van der Waals surface area contributed by atoms with Crippen LogP contribution in [-0.2, 0) is 9.84 Å². The van der Waals surface area contributed by atoms with E-state index < -0.39 is 15.7 Å². The maximum Gasteiger partial charge on any atom is 0.200 e. The second-order valence-corrected chi connectivity index (χ2v) is 6.07. The first kappa shape index (κ1) is 12.8. The zero-order chi connectivity index (χ0) is 14.2. The molecule has 1 aromatic carbocycles. The van der Waals surface area contributed by atoms with E-state index in [9.17, 15) is 12.8 Å². The van der Waals surface area contributed by atoms with Crippen molar-refractivity contribution >= 4 is 15.4 Å². The minimum atomic E-state index is -3.58. The van der Waals surface area contributed by atoms with Crippen LogP contribution in [0, 0.1) is 5.82 Å². The van der Waals surface area contributed by atoms with Crippen molar-refractivity contribution in [2.45, 2.75) is 4.90 Å². The number of fused-ring (bicyclic) bond motifs is 1. The summed E-state index contributed by atoms with van der Waals surface area (Å²) in [7, 11) is -3.58. The lowest BCUT2D eigenvalue weighted by molar-refractivity contribution is 0.368. The molecule has 0 saturated carbocycles. The molecule has 20 heavy (non-hydrogen) atoms. The summed E-state index contributed by atoms with van der Waals surface area (Å²) in [5, 5.41) is 1.12. The first-order valence-electron chi connectivity index (χ1n) is 5.85. The molecule has 0 spiro atoms. The second kappa shape index (κ2) is 4.72. The highest BCUT2D eigenvalue weighted by Crippen LogP contribution is 2.34. The molecule has 3 rings (SSSR count). The molecule has 1 aromatic heterocycles. The van der Waals surface area contributed by atoms with E-state index >= 15 is 0 Å². The Morgan fingerprint density at radius 1 is 1.25 bits per heavy atom. The maximum absolute atomic E-state index is 13.2. The third-order valence-corrected chi connectivity index (χ3v) is 4.47. The SMILES string of the molecule is O=S1(=O)C=C(COc2cccnc2)c2ccc(F)cc21. The number of hydrogen-bond donors (Lipinski definition) is 0. The van der Waals surface area contributed by atoms with E-state index in [0.717, 1.165) is 11.5 Å². The number of aromatic nitrogens is 1. The molecule has 0 atom stereocenters. The van der Waals surface area contributed by atoms with Gasteiger partial charge in [0.05, 0.1) is 11.1 Å². The van der Waals surface area contributed by atoms with Gasteiger partial charge in [0.25, 0.3) is 0 Å². The van der Waals surface area contributed by atoms with Crippen molar-refractivity contribution in [2.24, 2.45) is 0 Å². The number of halogens is 1. The van der Waals surface area contributed by atoms with Crippen molar-refractivity contribution in [3.8, 4) is 5.75 Å². The molecule has 0 unspecified atom stereocenters. The van der Waals surface area contributed by atoms with Gasteiger partial charge in [-0.2, -0.15) is 0 Å². The van der Waals surface area contributed by atoms with Gasteiger partial charge in [0, 0.05) is 22.7 Å². The molecule has 2 heterocycles. The summed E-state index contributed by atoms with van der Waals surface area (Å²) in [6.07, 6.45) is 3.15. The van der Waals surface area contributed by atoms with Gasteiger partial charge in [0.15, 0.2) is 0 Å². The molecule has 1 aliphatic heterocycles. The number of benzene rings is 1. The van der Waals surface area contributed by atoms with Gasteiger partial charge >= 0.3 is 0 Å². The van der Waals surface area contributed by atoms with Crippen molar-refractivity contribution in [1.29, 1.82) is 0 Å². The molecule has 1 aliphatic rings. The highest BCUT2D eigenvalue weighted by atomic mass is 32.2. The van der Waals surface area contributed by atoms with Crippen LogP contribution >= 0.6 is 0 Å². The molecule has 0 bridgehead atoms. The van der Waals surface area contributed by atoms with E-state index in [2.05, 4.69) is 4.98 Å². The monoisotopic (exact) mass is 291 g/mol. The van der Waals surface area contributed by atoms with Gasteiger partial charge in [-0.15, -0.1) is 0 Å². The summed E-state index contributed by atoms with van der Waals surface area (Å²) in [5.74, 6) is -0.0310. The van der Waals surface area contributed by atoms with Crippen LogP contribution in [0.3, 0.4) is 0 Å². The smallest absolute Gasteiger partial charge is 0.200 e. The second-order valence-electron chi connectivity index (χ2n) is 4.31. The molecule has 0 aliphatic carbocycles. The Hall–Kier alpha value is -2.21. The number of ether oxygens (including phenoxy) is 1. The molecular formula is C14H10FNO3S. The highest BCUT2D eigenvalue weighted by molar-refractivity contribution is 7.95. The third-order valence-electron chi connectivity index (χ3n) is 2.92.